The highest BCUT2D eigenvalue weighted by atomic mass is 16.6. The molecule has 0 aliphatic rings. The zero-order valence-corrected chi connectivity index (χ0v) is 18.1. The van der Waals surface area contributed by atoms with E-state index in [9.17, 15) is 14.4 Å². The lowest BCUT2D eigenvalue weighted by molar-refractivity contribution is -0.118. The molecule has 172 valence electrons. The van der Waals surface area contributed by atoms with Crippen molar-refractivity contribution in [3.8, 4) is 0 Å². The van der Waals surface area contributed by atoms with Crippen LogP contribution in [0, 0.1) is 0 Å². The molecule has 0 radical (unpaired) electrons. The maximum Gasteiger partial charge on any atom is 0.411 e. The SMILES string of the molecule is COCCOC(=O)Nc1cccc(NC(=O)C(Cc2ccccc2)NC(=O)c2ccco2)c1. The maximum atomic E-state index is 13.0. The van der Waals surface area contributed by atoms with Gasteiger partial charge in [-0.1, -0.05) is 36.4 Å². The van der Waals surface area contributed by atoms with Crippen LogP contribution >= 0.6 is 0 Å². The second-order valence-electron chi connectivity index (χ2n) is 7.02. The minimum absolute atomic E-state index is 0.110. The third-order valence-electron chi connectivity index (χ3n) is 4.55. The predicted octanol–water partition coefficient (Wildman–Crippen LogP) is 3.45. The van der Waals surface area contributed by atoms with Gasteiger partial charge in [0, 0.05) is 24.9 Å². The zero-order chi connectivity index (χ0) is 23.5. The second kappa shape index (κ2) is 12.1. The van der Waals surface area contributed by atoms with Crippen molar-refractivity contribution in [2.24, 2.45) is 0 Å². The average molecular weight is 451 g/mol. The van der Waals surface area contributed by atoms with Crippen molar-refractivity contribution < 1.29 is 28.3 Å². The number of carbonyl (C=O) groups excluding carboxylic acids is 3. The molecule has 0 aliphatic heterocycles. The lowest BCUT2D eigenvalue weighted by Crippen LogP contribution is -2.45. The van der Waals surface area contributed by atoms with Gasteiger partial charge in [-0.05, 0) is 35.9 Å². The van der Waals surface area contributed by atoms with Crippen LogP contribution in [0.5, 0.6) is 0 Å². The summed E-state index contributed by atoms with van der Waals surface area (Å²) in [6, 6.07) is 18.2. The summed E-state index contributed by atoms with van der Waals surface area (Å²) in [6.45, 7) is 0.408. The Hall–Kier alpha value is -4.11. The van der Waals surface area contributed by atoms with E-state index in [4.69, 9.17) is 13.9 Å². The molecule has 0 saturated heterocycles. The van der Waals surface area contributed by atoms with Crippen LogP contribution in [0.3, 0.4) is 0 Å². The number of hydrogen-bond acceptors (Lipinski definition) is 6. The largest absolute Gasteiger partial charge is 0.459 e. The van der Waals surface area contributed by atoms with E-state index in [-0.39, 0.29) is 25.4 Å². The van der Waals surface area contributed by atoms with E-state index < -0.39 is 23.9 Å². The van der Waals surface area contributed by atoms with E-state index in [0.29, 0.717) is 11.4 Å². The van der Waals surface area contributed by atoms with Crippen molar-refractivity contribution in [3.05, 3.63) is 84.3 Å². The Morgan fingerprint density at radius 1 is 0.909 bits per heavy atom. The molecule has 9 nitrogen and oxygen atoms in total. The Labute approximate surface area is 191 Å². The molecule has 33 heavy (non-hydrogen) atoms. The first-order valence-corrected chi connectivity index (χ1v) is 10.3. The fourth-order valence-corrected chi connectivity index (χ4v) is 2.97. The van der Waals surface area contributed by atoms with Gasteiger partial charge in [0.15, 0.2) is 5.76 Å². The van der Waals surface area contributed by atoms with E-state index in [0.717, 1.165) is 5.56 Å². The minimum atomic E-state index is -0.861. The quantitative estimate of drug-likeness (QED) is 0.406. The van der Waals surface area contributed by atoms with E-state index in [1.165, 1.54) is 19.4 Å². The Kier molecular flexibility index (Phi) is 8.61. The van der Waals surface area contributed by atoms with E-state index in [1.807, 2.05) is 30.3 Å². The van der Waals surface area contributed by atoms with Crippen LogP contribution < -0.4 is 16.0 Å². The molecule has 0 spiro atoms. The molecule has 1 heterocycles. The van der Waals surface area contributed by atoms with Crippen LogP contribution in [0.15, 0.2) is 77.4 Å². The summed E-state index contributed by atoms with van der Waals surface area (Å²) in [7, 11) is 1.51. The Morgan fingerprint density at radius 3 is 2.36 bits per heavy atom. The van der Waals surface area contributed by atoms with Crippen molar-refractivity contribution in [1.29, 1.82) is 0 Å². The first-order valence-electron chi connectivity index (χ1n) is 10.3. The first kappa shape index (κ1) is 23.6. The normalized spacial score (nSPS) is 11.3. The second-order valence-corrected chi connectivity index (χ2v) is 7.02. The molecule has 3 N–H and O–H groups in total. The number of hydrogen-bond donors (Lipinski definition) is 3. The number of rotatable bonds is 10. The van der Waals surface area contributed by atoms with Crippen molar-refractivity contribution in [2.75, 3.05) is 31.0 Å². The highest BCUT2D eigenvalue weighted by molar-refractivity contribution is 6.00. The summed E-state index contributed by atoms with van der Waals surface area (Å²) >= 11 is 0. The van der Waals surface area contributed by atoms with Gasteiger partial charge in [-0.2, -0.15) is 0 Å². The molecule has 0 aliphatic carbocycles. The van der Waals surface area contributed by atoms with Gasteiger partial charge in [-0.15, -0.1) is 0 Å². The Bertz CT molecular complexity index is 1050. The lowest BCUT2D eigenvalue weighted by Gasteiger charge is -2.18. The smallest absolute Gasteiger partial charge is 0.411 e. The molecule has 1 atom stereocenters. The molecule has 1 aromatic heterocycles. The maximum absolute atomic E-state index is 13.0. The van der Waals surface area contributed by atoms with Crippen molar-refractivity contribution >= 4 is 29.3 Å². The summed E-state index contributed by atoms with van der Waals surface area (Å²) in [4.78, 5) is 37.4. The number of ether oxygens (including phenoxy) is 2. The van der Waals surface area contributed by atoms with Crippen LogP contribution in [-0.2, 0) is 20.7 Å². The molecule has 3 aromatic rings. The van der Waals surface area contributed by atoms with Gasteiger partial charge in [0.1, 0.15) is 12.6 Å². The van der Waals surface area contributed by atoms with E-state index >= 15 is 0 Å². The molecule has 9 heteroatoms. The number of amides is 3. The molecular weight excluding hydrogens is 426 g/mol. The van der Waals surface area contributed by atoms with Crippen molar-refractivity contribution in [1.82, 2.24) is 5.32 Å². The highest BCUT2D eigenvalue weighted by Crippen LogP contribution is 2.16. The summed E-state index contributed by atoms with van der Waals surface area (Å²) in [5, 5.41) is 8.08. The third kappa shape index (κ3) is 7.51. The van der Waals surface area contributed by atoms with Crippen molar-refractivity contribution in [3.63, 3.8) is 0 Å². The summed E-state index contributed by atoms with van der Waals surface area (Å²) in [6.07, 6.45) is 1.03. The Morgan fingerprint density at radius 2 is 1.67 bits per heavy atom. The van der Waals surface area contributed by atoms with Crippen LogP contribution in [0.2, 0.25) is 0 Å². The predicted molar refractivity (Wildman–Crippen MR) is 122 cm³/mol. The van der Waals surface area contributed by atoms with Gasteiger partial charge in [-0.25, -0.2) is 4.79 Å². The molecule has 0 saturated carbocycles. The van der Waals surface area contributed by atoms with Gasteiger partial charge in [0.2, 0.25) is 5.91 Å². The fourth-order valence-electron chi connectivity index (χ4n) is 2.97. The number of nitrogens with one attached hydrogen (secondary N) is 3. The molecule has 0 bridgehead atoms. The number of benzene rings is 2. The van der Waals surface area contributed by atoms with Crippen LogP contribution in [0.4, 0.5) is 16.2 Å². The van der Waals surface area contributed by atoms with Crippen molar-refractivity contribution in [2.45, 2.75) is 12.5 Å². The molecule has 1 unspecified atom stereocenters. The van der Waals surface area contributed by atoms with Crippen LogP contribution in [-0.4, -0.2) is 44.3 Å². The van der Waals surface area contributed by atoms with Gasteiger partial charge in [-0.3, -0.25) is 14.9 Å². The molecule has 3 rings (SSSR count). The fraction of sp³-hybridized carbons (Fsp3) is 0.208. The topological polar surface area (TPSA) is 119 Å². The molecule has 2 aromatic carbocycles. The number of furan rings is 1. The third-order valence-corrected chi connectivity index (χ3v) is 4.55. The van der Waals surface area contributed by atoms with Crippen LogP contribution in [0.1, 0.15) is 16.1 Å². The first-order chi connectivity index (χ1) is 16.0. The summed E-state index contributed by atoms with van der Waals surface area (Å²) in [5.41, 5.74) is 1.76. The monoisotopic (exact) mass is 451 g/mol. The van der Waals surface area contributed by atoms with Gasteiger partial charge in [0.05, 0.1) is 12.9 Å². The minimum Gasteiger partial charge on any atom is -0.459 e. The van der Waals surface area contributed by atoms with E-state index in [1.54, 1.807) is 30.3 Å². The summed E-state index contributed by atoms with van der Waals surface area (Å²) in [5.74, 6) is -0.803. The number of anilines is 2. The standard InChI is InChI=1S/C24H25N3O6/c1-31-13-14-33-24(30)26-19-10-5-9-18(16-19)25-22(28)20(15-17-7-3-2-4-8-17)27-23(29)21-11-6-12-32-21/h2-12,16,20H,13-15H2,1H3,(H,25,28)(H,26,30)(H,27,29). The van der Waals surface area contributed by atoms with Gasteiger partial charge in [0.25, 0.3) is 5.91 Å². The lowest BCUT2D eigenvalue weighted by atomic mass is 10.0. The number of methoxy groups -OCH3 is 1. The molecule has 0 fully saturated rings. The Balaban J connectivity index is 1.68. The zero-order valence-electron chi connectivity index (χ0n) is 18.1. The van der Waals surface area contributed by atoms with Gasteiger partial charge >= 0.3 is 6.09 Å². The van der Waals surface area contributed by atoms with Gasteiger partial charge < -0.3 is 24.5 Å². The highest BCUT2D eigenvalue weighted by Gasteiger charge is 2.23. The summed E-state index contributed by atoms with van der Waals surface area (Å²) < 4.78 is 14.9. The molecular formula is C24H25N3O6. The average Bonchev–Trinajstić information content (AvgIpc) is 3.35. The van der Waals surface area contributed by atoms with Crippen LogP contribution in [0.25, 0.3) is 0 Å². The number of carbonyl (C=O) groups is 3. The van der Waals surface area contributed by atoms with E-state index in [2.05, 4.69) is 16.0 Å². The molecule has 3 amide bonds.